The number of likely N-dealkylation sites (N-methyl/N-ethyl adjacent to an activating group) is 1. The fourth-order valence-corrected chi connectivity index (χ4v) is 4.04. The van der Waals surface area contributed by atoms with Gasteiger partial charge < -0.3 is 19.1 Å². The number of ether oxygens (including phenoxy) is 3. The van der Waals surface area contributed by atoms with Crippen molar-refractivity contribution in [1.82, 2.24) is 4.90 Å². The van der Waals surface area contributed by atoms with Crippen molar-refractivity contribution in [3.05, 3.63) is 83.4 Å². The number of nitrogens with zero attached hydrogens (tertiary/aromatic N) is 1. The lowest BCUT2D eigenvalue weighted by molar-refractivity contribution is -0.140. The van der Waals surface area contributed by atoms with E-state index in [9.17, 15) is 22.8 Å². The normalized spacial score (nSPS) is 12.0. The third-order valence-electron chi connectivity index (χ3n) is 6.02. The zero-order valence-corrected chi connectivity index (χ0v) is 21.7. The molecule has 1 atom stereocenters. The molecule has 0 aliphatic heterocycles. The van der Waals surface area contributed by atoms with Gasteiger partial charge in [-0.1, -0.05) is 30.3 Å². The maximum atomic E-state index is 13.7. The van der Waals surface area contributed by atoms with Crippen molar-refractivity contribution in [1.29, 1.82) is 0 Å². The van der Waals surface area contributed by atoms with Gasteiger partial charge in [-0.25, -0.2) is 0 Å². The highest BCUT2D eigenvalue weighted by molar-refractivity contribution is 5.82. The number of para-hydroxylation sites is 1. The van der Waals surface area contributed by atoms with E-state index in [1.54, 1.807) is 56.3 Å². The van der Waals surface area contributed by atoms with Gasteiger partial charge in [-0.2, -0.15) is 13.2 Å². The molecule has 0 bridgehead atoms. The molecule has 0 saturated carbocycles. The number of alkyl halides is 3. The molecule has 1 unspecified atom stereocenters. The van der Waals surface area contributed by atoms with Gasteiger partial charge in [0, 0.05) is 18.7 Å². The molecule has 38 heavy (non-hydrogen) atoms. The number of benzene rings is 3. The van der Waals surface area contributed by atoms with Gasteiger partial charge in [0.05, 0.1) is 26.2 Å². The van der Waals surface area contributed by atoms with Crippen molar-refractivity contribution in [3.63, 3.8) is 0 Å². The molecule has 3 rings (SSSR count). The number of methoxy groups -OCH3 is 2. The molecule has 0 radical (unpaired) electrons. The summed E-state index contributed by atoms with van der Waals surface area (Å²) in [6.07, 6.45) is -5.45. The highest BCUT2D eigenvalue weighted by atomic mass is 19.4. The largest absolute Gasteiger partial charge is 0.496 e. The first-order chi connectivity index (χ1) is 18.1. The summed E-state index contributed by atoms with van der Waals surface area (Å²) in [6.45, 7) is 3.50. The summed E-state index contributed by atoms with van der Waals surface area (Å²) in [5.74, 6) is 0.0983. The van der Waals surface area contributed by atoms with Crippen LogP contribution in [0.25, 0.3) is 11.1 Å². The van der Waals surface area contributed by atoms with Crippen molar-refractivity contribution in [2.24, 2.45) is 0 Å². The fourth-order valence-electron chi connectivity index (χ4n) is 4.04. The van der Waals surface area contributed by atoms with E-state index in [1.807, 2.05) is 6.07 Å². The lowest BCUT2D eigenvalue weighted by Gasteiger charge is -2.27. The number of hydrogen-bond acceptors (Lipinski definition) is 5. The number of carbonyl (C=O) groups excluding carboxylic acids is 2. The van der Waals surface area contributed by atoms with E-state index in [-0.39, 0.29) is 31.0 Å². The highest BCUT2D eigenvalue weighted by Gasteiger charge is 2.32. The zero-order chi connectivity index (χ0) is 27.9. The number of halogens is 3. The van der Waals surface area contributed by atoms with E-state index in [0.29, 0.717) is 28.2 Å². The first kappa shape index (κ1) is 28.6. The third kappa shape index (κ3) is 7.06. The van der Waals surface area contributed by atoms with Crippen molar-refractivity contribution in [2.45, 2.75) is 39.1 Å². The van der Waals surface area contributed by atoms with E-state index < -0.39 is 23.8 Å². The molecule has 0 aliphatic rings. The molecule has 0 aromatic heterocycles. The Labute approximate surface area is 219 Å². The minimum absolute atomic E-state index is 0.0165. The molecule has 1 amide bonds. The first-order valence-corrected chi connectivity index (χ1v) is 12.0. The summed E-state index contributed by atoms with van der Waals surface area (Å²) < 4.78 is 57.0. The number of carbonyl (C=O) groups is 2. The summed E-state index contributed by atoms with van der Waals surface area (Å²) >= 11 is 0. The topological polar surface area (TPSA) is 65.1 Å². The van der Waals surface area contributed by atoms with Gasteiger partial charge in [-0.3, -0.25) is 9.59 Å². The molecular formula is C29H30F3NO5. The average Bonchev–Trinajstić information content (AvgIpc) is 2.91. The Morgan fingerprint density at radius 1 is 0.947 bits per heavy atom. The van der Waals surface area contributed by atoms with Crippen LogP contribution in [0.3, 0.4) is 0 Å². The molecule has 0 fully saturated rings. The second kappa shape index (κ2) is 12.5. The Morgan fingerprint density at radius 2 is 1.66 bits per heavy atom. The van der Waals surface area contributed by atoms with Crippen LogP contribution in [-0.4, -0.2) is 43.6 Å². The Bertz CT molecular complexity index is 1260. The Hall–Kier alpha value is -4.01. The number of amides is 1. The standard InChI is InChI=1S/C29H30F3NO5/c1-5-33(28(35)19(2)38-23-9-7-6-8-10-23)18-21-17-22(29(30,31)32)12-13-24(21)25-15-20(16-27(34)37-4)11-14-26(25)36-3/h6-15,17,19H,5,16,18H2,1-4H3. The van der Waals surface area contributed by atoms with Crippen molar-refractivity contribution in [3.8, 4) is 22.6 Å². The van der Waals surface area contributed by atoms with Gasteiger partial charge in [0.1, 0.15) is 11.5 Å². The molecule has 3 aromatic rings. The smallest absolute Gasteiger partial charge is 0.416 e. The van der Waals surface area contributed by atoms with Gasteiger partial charge in [-0.15, -0.1) is 0 Å². The summed E-state index contributed by atoms with van der Waals surface area (Å²) in [4.78, 5) is 26.5. The van der Waals surface area contributed by atoms with Crippen molar-refractivity contribution < 1.29 is 37.0 Å². The Kier molecular flexibility index (Phi) is 9.39. The minimum Gasteiger partial charge on any atom is -0.496 e. The van der Waals surface area contributed by atoms with Gasteiger partial charge in [0.2, 0.25) is 0 Å². The van der Waals surface area contributed by atoms with Crippen LogP contribution in [0.4, 0.5) is 13.2 Å². The second-order valence-corrected chi connectivity index (χ2v) is 8.58. The molecule has 6 nitrogen and oxygen atoms in total. The van der Waals surface area contributed by atoms with Gasteiger partial charge in [0.15, 0.2) is 6.10 Å². The van der Waals surface area contributed by atoms with Gasteiger partial charge in [0.25, 0.3) is 5.91 Å². The van der Waals surface area contributed by atoms with Crippen molar-refractivity contribution in [2.75, 3.05) is 20.8 Å². The van der Waals surface area contributed by atoms with Crippen LogP contribution in [0.15, 0.2) is 66.7 Å². The number of hydrogen-bond donors (Lipinski definition) is 0. The Balaban J connectivity index is 2.02. The number of rotatable bonds is 10. The second-order valence-electron chi connectivity index (χ2n) is 8.58. The van der Waals surface area contributed by atoms with E-state index in [1.165, 1.54) is 25.2 Å². The molecular weight excluding hydrogens is 499 g/mol. The summed E-state index contributed by atoms with van der Waals surface area (Å²) in [5.41, 5.74) is 0.986. The van der Waals surface area contributed by atoms with Crippen LogP contribution in [0, 0.1) is 0 Å². The molecule has 3 aromatic carbocycles. The summed E-state index contributed by atoms with van der Waals surface area (Å²) in [5, 5.41) is 0. The van der Waals surface area contributed by atoms with Crippen LogP contribution in [0.5, 0.6) is 11.5 Å². The van der Waals surface area contributed by atoms with E-state index in [0.717, 1.165) is 12.1 Å². The number of esters is 1. The van der Waals surface area contributed by atoms with E-state index >= 15 is 0 Å². The minimum atomic E-state index is -4.57. The molecule has 0 heterocycles. The van der Waals surface area contributed by atoms with Crippen LogP contribution >= 0.6 is 0 Å². The predicted octanol–water partition coefficient (Wildman–Crippen LogP) is 5.91. The zero-order valence-electron chi connectivity index (χ0n) is 21.7. The van der Waals surface area contributed by atoms with Crippen molar-refractivity contribution >= 4 is 11.9 Å². The van der Waals surface area contributed by atoms with Gasteiger partial charge in [-0.05, 0) is 66.9 Å². The van der Waals surface area contributed by atoms with Crippen LogP contribution < -0.4 is 9.47 Å². The molecule has 0 N–H and O–H groups in total. The average molecular weight is 530 g/mol. The Morgan fingerprint density at radius 3 is 2.26 bits per heavy atom. The fraction of sp³-hybridized carbons (Fsp3) is 0.310. The molecule has 202 valence electrons. The van der Waals surface area contributed by atoms with Crippen LogP contribution in [-0.2, 0) is 33.5 Å². The lowest BCUT2D eigenvalue weighted by Crippen LogP contribution is -2.40. The van der Waals surface area contributed by atoms with E-state index in [2.05, 4.69) is 0 Å². The highest BCUT2D eigenvalue weighted by Crippen LogP contribution is 2.38. The first-order valence-electron chi connectivity index (χ1n) is 12.0. The molecule has 0 saturated heterocycles. The monoisotopic (exact) mass is 529 g/mol. The molecule has 9 heteroatoms. The van der Waals surface area contributed by atoms with E-state index in [4.69, 9.17) is 14.2 Å². The summed E-state index contributed by atoms with van der Waals surface area (Å²) in [7, 11) is 2.73. The lowest BCUT2D eigenvalue weighted by atomic mass is 9.94. The quantitative estimate of drug-likeness (QED) is 0.306. The maximum absolute atomic E-state index is 13.7. The SMILES string of the molecule is CCN(Cc1cc(C(F)(F)F)ccc1-c1cc(CC(=O)OC)ccc1OC)C(=O)C(C)Oc1ccccc1. The third-order valence-corrected chi connectivity index (χ3v) is 6.02. The van der Waals surface area contributed by atoms with Crippen LogP contribution in [0.1, 0.15) is 30.5 Å². The maximum Gasteiger partial charge on any atom is 0.416 e. The molecule has 0 aliphatic carbocycles. The van der Waals surface area contributed by atoms with Gasteiger partial charge >= 0.3 is 12.1 Å². The predicted molar refractivity (Wildman–Crippen MR) is 137 cm³/mol. The molecule has 0 spiro atoms. The van der Waals surface area contributed by atoms with Crippen LogP contribution in [0.2, 0.25) is 0 Å². The summed E-state index contributed by atoms with van der Waals surface area (Å²) in [6, 6.07) is 17.2.